The van der Waals surface area contributed by atoms with Crippen LogP contribution in [0.5, 0.6) is 11.5 Å². The predicted octanol–water partition coefficient (Wildman–Crippen LogP) is 4.20. The molecule has 3 nitrogen and oxygen atoms in total. The summed E-state index contributed by atoms with van der Waals surface area (Å²) in [5.41, 5.74) is 7.29. The molecule has 0 unspecified atom stereocenters. The second-order valence-corrected chi connectivity index (χ2v) is 5.64. The summed E-state index contributed by atoms with van der Waals surface area (Å²) in [4.78, 5) is 0. The Hall–Kier alpha value is -1.59. The minimum atomic E-state index is -0.418. The van der Waals surface area contributed by atoms with Gasteiger partial charge in [-0.3, -0.25) is 0 Å². The second-order valence-electron chi connectivity index (χ2n) is 4.72. The van der Waals surface area contributed by atoms with Crippen molar-refractivity contribution >= 4 is 15.9 Å². The Morgan fingerprint density at radius 2 is 1.90 bits per heavy atom. The van der Waals surface area contributed by atoms with Crippen LogP contribution in [0.2, 0.25) is 0 Å². The van der Waals surface area contributed by atoms with E-state index in [0.717, 1.165) is 15.6 Å². The Bertz CT molecular complexity index is 632. The average molecular weight is 354 g/mol. The summed E-state index contributed by atoms with van der Waals surface area (Å²) in [6, 6.07) is 10.1. The second kappa shape index (κ2) is 6.91. The molecular weight excluding hydrogens is 337 g/mol. The maximum absolute atomic E-state index is 14.0. The topological polar surface area (TPSA) is 44.5 Å². The van der Waals surface area contributed by atoms with Gasteiger partial charge < -0.3 is 15.2 Å². The van der Waals surface area contributed by atoms with E-state index in [1.807, 2.05) is 25.1 Å². The van der Waals surface area contributed by atoms with Crippen molar-refractivity contribution < 1.29 is 13.9 Å². The minimum Gasteiger partial charge on any atom is -0.496 e. The van der Waals surface area contributed by atoms with Crippen LogP contribution in [0.15, 0.2) is 40.9 Å². The number of hydrogen-bond donors (Lipinski definition) is 1. The van der Waals surface area contributed by atoms with E-state index in [2.05, 4.69) is 15.9 Å². The van der Waals surface area contributed by atoms with E-state index in [1.165, 1.54) is 6.07 Å². The molecule has 0 fully saturated rings. The maximum Gasteiger partial charge on any atom is 0.165 e. The van der Waals surface area contributed by atoms with E-state index in [-0.39, 0.29) is 18.4 Å². The quantitative estimate of drug-likeness (QED) is 0.876. The zero-order chi connectivity index (χ0) is 15.4. The Morgan fingerprint density at radius 1 is 1.19 bits per heavy atom. The maximum atomic E-state index is 14.0. The standard InChI is InChI=1S/C16H17BrFNO2/c1-10(19)11-3-5-16(14(18)8-11)21-9-12-7-13(17)4-6-15(12)20-2/h3-8,10H,9,19H2,1-2H3/t10-/m1/s1. The van der Waals surface area contributed by atoms with Crippen LogP contribution in [-0.2, 0) is 6.61 Å². The van der Waals surface area contributed by atoms with Crippen LogP contribution in [0, 0.1) is 5.82 Å². The van der Waals surface area contributed by atoms with E-state index in [0.29, 0.717) is 5.75 Å². The molecule has 0 bridgehead atoms. The first-order valence-electron chi connectivity index (χ1n) is 6.51. The van der Waals surface area contributed by atoms with E-state index in [9.17, 15) is 4.39 Å². The fourth-order valence-corrected chi connectivity index (χ4v) is 2.34. The molecule has 2 aromatic carbocycles. The Kier molecular flexibility index (Phi) is 5.20. The van der Waals surface area contributed by atoms with Gasteiger partial charge in [-0.1, -0.05) is 22.0 Å². The van der Waals surface area contributed by atoms with Crippen LogP contribution in [0.4, 0.5) is 4.39 Å². The number of ether oxygens (including phenoxy) is 2. The number of rotatable bonds is 5. The Labute approximate surface area is 132 Å². The lowest BCUT2D eigenvalue weighted by Crippen LogP contribution is -2.06. The van der Waals surface area contributed by atoms with Gasteiger partial charge in [0.05, 0.1) is 7.11 Å². The Morgan fingerprint density at radius 3 is 2.52 bits per heavy atom. The molecule has 0 saturated heterocycles. The van der Waals surface area contributed by atoms with Crippen LogP contribution in [-0.4, -0.2) is 7.11 Å². The lowest BCUT2D eigenvalue weighted by Gasteiger charge is -2.12. The predicted molar refractivity (Wildman–Crippen MR) is 84.0 cm³/mol. The van der Waals surface area contributed by atoms with Gasteiger partial charge in [-0.2, -0.15) is 0 Å². The zero-order valence-electron chi connectivity index (χ0n) is 11.9. The zero-order valence-corrected chi connectivity index (χ0v) is 13.5. The smallest absolute Gasteiger partial charge is 0.165 e. The summed E-state index contributed by atoms with van der Waals surface area (Å²) in [6.45, 7) is 2.03. The first kappa shape index (κ1) is 15.8. The van der Waals surface area contributed by atoms with Crippen molar-refractivity contribution in [2.45, 2.75) is 19.6 Å². The SMILES string of the molecule is COc1ccc(Br)cc1COc1ccc([C@@H](C)N)cc1F. The molecule has 2 rings (SSSR count). The molecule has 5 heteroatoms. The van der Waals surface area contributed by atoms with Crippen LogP contribution in [0.25, 0.3) is 0 Å². The third kappa shape index (κ3) is 3.95. The van der Waals surface area contributed by atoms with Crippen LogP contribution < -0.4 is 15.2 Å². The third-order valence-corrected chi connectivity index (χ3v) is 3.60. The number of benzene rings is 2. The van der Waals surface area contributed by atoms with Gasteiger partial charge in [0, 0.05) is 16.1 Å². The first-order chi connectivity index (χ1) is 10.0. The monoisotopic (exact) mass is 353 g/mol. The fraction of sp³-hybridized carbons (Fsp3) is 0.250. The molecule has 0 saturated carbocycles. The number of methoxy groups -OCH3 is 1. The van der Waals surface area contributed by atoms with E-state index < -0.39 is 5.82 Å². The average Bonchev–Trinajstić information content (AvgIpc) is 2.46. The van der Waals surface area contributed by atoms with Crippen LogP contribution >= 0.6 is 15.9 Å². The van der Waals surface area contributed by atoms with Gasteiger partial charge in [0.15, 0.2) is 11.6 Å². The van der Waals surface area contributed by atoms with Crippen molar-refractivity contribution in [1.82, 2.24) is 0 Å². The molecular formula is C16H17BrFNO2. The van der Waals surface area contributed by atoms with Gasteiger partial charge in [-0.05, 0) is 42.8 Å². The molecule has 1 atom stereocenters. The highest BCUT2D eigenvalue weighted by atomic mass is 79.9. The van der Waals surface area contributed by atoms with Gasteiger partial charge >= 0.3 is 0 Å². The van der Waals surface area contributed by atoms with Gasteiger partial charge in [-0.25, -0.2) is 4.39 Å². The summed E-state index contributed by atoms with van der Waals surface area (Å²) < 4.78 is 25.7. The molecule has 2 N–H and O–H groups in total. The normalized spacial score (nSPS) is 12.0. The summed E-state index contributed by atoms with van der Waals surface area (Å²) in [7, 11) is 1.59. The summed E-state index contributed by atoms with van der Waals surface area (Å²) in [5, 5.41) is 0. The fourth-order valence-electron chi connectivity index (χ4n) is 1.93. The van der Waals surface area contributed by atoms with Gasteiger partial charge in [0.1, 0.15) is 12.4 Å². The van der Waals surface area contributed by atoms with Crippen molar-refractivity contribution in [3.8, 4) is 11.5 Å². The molecule has 0 aliphatic rings. The lowest BCUT2D eigenvalue weighted by atomic mass is 10.1. The van der Waals surface area contributed by atoms with E-state index >= 15 is 0 Å². The molecule has 0 heterocycles. The molecule has 0 aromatic heterocycles. The first-order valence-corrected chi connectivity index (χ1v) is 7.31. The minimum absolute atomic E-state index is 0.196. The molecule has 2 aromatic rings. The number of nitrogens with two attached hydrogens (primary N) is 1. The molecule has 0 amide bonds. The molecule has 0 spiro atoms. The summed E-state index contributed by atoms with van der Waals surface area (Å²) in [6.07, 6.45) is 0. The van der Waals surface area contributed by atoms with Crippen LogP contribution in [0.3, 0.4) is 0 Å². The summed E-state index contributed by atoms with van der Waals surface area (Å²) >= 11 is 3.39. The number of halogens is 2. The Balaban J connectivity index is 2.15. The third-order valence-electron chi connectivity index (χ3n) is 3.11. The van der Waals surface area contributed by atoms with Gasteiger partial charge in [0.25, 0.3) is 0 Å². The summed E-state index contributed by atoms with van der Waals surface area (Å²) in [5.74, 6) is 0.478. The van der Waals surface area contributed by atoms with Crippen molar-refractivity contribution in [3.05, 3.63) is 57.8 Å². The van der Waals surface area contributed by atoms with E-state index in [4.69, 9.17) is 15.2 Å². The lowest BCUT2D eigenvalue weighted by molar-refractivity contribution is 0.282. The van der Waals surface area contributed by atoms with Gasteiger partial charge in [-0.15, -0.1) is 0 Å². The highest BCUT2D eigenvalue weighted by molar-refractivity contribution is 9.10. The largest absolute Gasteiger partial charge is 0.496 e. The molecule has 21 heavy (non-hydrogen) atoms. The van der Waals surface area contributed by atoms with Crippen molar-refractivity contribution in [2.24, 2.45) is 5.73 Å². The molecule has 112 valence electrons. The van der Waals surface area contributed by atoms with E-state index in [1.54, 1.807) is 19.2 Å². The van der Waals surface area contributed by atoms with Gasteiger partial charge in [0.2, 0.25) is 0 Å². The number of hydrogen-bond acceptors (Lipinski definition) is 3. The van der Waals surface area contributed by atoms with Crippen LogP contribution in [0.1, 0.15) is 24.1 Å². The van der Waals surface area contributed by atoms with Crippen molar-refractivity contribution in [2.75, 3.05) is 7.11 Å². The highest BCUT2D eigenvalue weighted by Gasteiger charge is 2.09. The highest BCUT2D eigenvalue weighted by Crippen LogP contribution is 2.26. The molecule has 0 aliphatic heterocycles. The molecule has 0 aliphatic carbocycles. The van der Waals surface area contributed by atoms with Crippen molar-refractivity contribution in [1.29, 1.82) is 0 Å². The van der Waals surface area contributed by atoms with Crippen molar-refractivity contribution in [3.63, 3.8) is 0 Å². The molecule has 0 radical (unpaired) electrons.